The second kappa shape index (κ2) is 6.07. The van der Waals surface area contributed by atoms with E-state index in [1.165, 1.54) is 0 Å². The van der Waals surface area contributed by atoms with Crippen molar-refractivity contribution in [1.29, 1.82) is 0 Å². The third-order valence-corrected chi connectivity index (χ3v) is 3.39. The maximum absolute atomic E-state index is 11.5. The van der Waals surface area contributed by atoms with E-state index >= 15 is 0 Å². The van der Waals surface area contributed by atoms with Crippen molar-refractivity contribution in [3.63, 3.8) is 0 Å². The number of ether oxygens (including phenoxy) is 1. The van der Waals surface area contributed by atoms with Crippen LogP contribution >= 0.6 is 11.6 Å². The molecule has 0 radical (unpaired) electrons. The number of halogens is 1. The molecule has 0 bridgehead atoms. The van der Waals surface area contributed by atoms with Gasteiger partial charge in [0.2, 0.25) is 0 Å². The first kappa shape index (κ1) is 14.8. The maximum atomic E-state index is 11.5. The van der Waals surface area contributed by atoms with Gasteiger partial charge in [0.25, 0.3) is 0 Å². The topological polar surface area (TPSA) is 72.5 Å². The number of aromatic hydroxyl groups is 1. The zero-order chi connectivity index (χ0) is 13.9. The molecule has 3 N–H and O–H groups in total. The summed E-state index contributed by atoms with van der Waals surface area (Å²) in [6, 6.07) is 0.774. The van der Waals surface area contributed by atoms with E-state index in [9.17, 15) is 9.90 Å². The summed E-state index contributed by atoms with van der Waals surface area (Å²) in [5.41, 5.74) is 7.86. The first-order chi connectivity index (χ1) is 8.38. The van der Waals surface area contributed by atoms with Gasteiger partial charge in [-0.3, -0.25) is 4.79 Å². The van der Waals surface area contributed by atoms with E-state index in [1.807, 2.05) is 6.92 Å². The Morgan fingerprint density at radius 1 is 1.56 bits per heavy atom. The molecule has 0 saturated carbocycles. The average molecular weight is 272 g/mol. The third kappa shape index (κ3) is 3.15. The molecule has 1 aromatic carbocycles. The Morgan fingerprint density at radius 3 is 2.72 bits per heavy atom. The lowest BCUT2D eigenvalue weighted by Crippen LogP contribution is -2.34. The summed E-state index contributed by atoms with van der Waals surface area (Å²) < 4.78 is 4.83. The lowest BCUT2D eigenvalue weighted by Gasteiger charge is -2.15. The summed E-state index contributed by atoms with van der Waals surface area (Å²) >= 11 is 6.11. The SMILES string of the molecule is CCOC(=O)C(N)Cc1c(O)cc(C)c(Cl)c1C. The number of nitrogens with two attached hydrogens (primary N) is 1. The second-order valence-electron chi connectivity index (χ2n) is 4.19. The lowest BCUT2D eigenvalue weighted by atomic mass is 9.98. The summed E-state index contributed by atoms with van der Waals surface area (Å²) in [5, 5.41) is 10.5. The van der Waals surface area contributed by atoms with Crippen molar-refractivity contribution < 1.29 is 14.6 Å². The van der Waals surface area contributed by atoms with Crippen molar-refractivity contribution in [1.82, 2.24) is 0 Å². The minimum atomic E-state index is -0.798. The van der Waals surface area contributed by atoms with Crippen LogP contribution in [0.2, 0.25) is 5.02 Å². The van der Waals surface area contributed by atoms with Crippen molar-refractivity contribution in [2.75, 3.05) is 6.61 Å². The zero-order valence-electron chi connectivity index (χ0n) is 10.8. The predicted molar refractivity (Wildman–Crippen MR) is 70.9 cm³/mol. The molecule has 0 amide bonds. The zero-order valence-corrected chi connectivity index (χ0v) is 11.5. The van der Waals surface area contributed by atoms with Crippen LogP contribution in [-0.2, 0) is 16.0 Å². The number of aryl methyl sites for hydroxylation is 1. The van der Waals surface area contributed by atoms with E-state index in [2.05, 4.69) is 0 Å². The van der Waals surface area contributed by atoms with Crippen LogP contribution in [0.3, 0.4) is 0 Å². The number of esters is 1. The van der Waals surface area contributed by atoms with Gasteiger partial charge in [-0.2, -0.15) is 0 Å². The molecule has 0 spiro atoms. The smallest absolute Gasteiger partial charge is 0.323 e. The van der Waals surface area contributed by atoms with Crippen LogP contribution < -0.4 is 5.73 Å². The van der Waals surface area contributed by atoms with Gasteiger partial charge in [-0.25, -0.2) is 0 Å². The van der Waals surface area contributed by atoms with Gasteiger partial charge in [0.05, 0.1) is 6.61 Å². The van der Waals surface area contributed by atoms with E-state index < -0.39 is 12.0 Å². The number of hydrogen-bond donors (Lipinski definition) is 2. The highest BCUT2D eigenvalue weighted by Crippen LogP contribution is 2.31. The largest absolute Gasteiger partial charge is 0.508 e. The second-order valence-corrected chi connectivity index (χ2v) is 4.57. The Bertz CT molecular complexity index is 460. The average Bonchev–Trinajstić information content (AvgIpc) is 2.32. The third-order valence-electron chi connectivity index (χ3n) is 2.80. The van der Waals surface area contributed by atoms with Gasteiger partial charge in [0, 0.05) is 17.0 Å². The van der Waals surface area contributed by atoms with Crippen molar-refractivity contribution >= 4 is 17.6 Å². The highest BCUT2D eigenvalue weighted by atomic mass is 35.5. The number of rotatable bonds is 4. The maximum Gasteiger partial charge on any atom is 0.323 e. The Labute approximate surface area is 112 Å². The molecule has 0 aliphatic rings. The summed E-state index contributed by atoms with van der Waals surface area (Å²) in [4.78, 5) is 11.5. The summed E-state index contributed by atoms with van der Waals surface area (Å²) in [6.45, 7) is 5.61. The van der Waals surface area contributed by atoms with Crippen LogP contribution in [0.5, 0.6) is 5.75 Å². The number of hydrogen-bond acceptors (Lipinski definition) is 4. The molecule has 0 aromatic heterocycles. The van der Waals surface area contributed by atoms with Gasteiger partial charge in [0.1, 0.15) is 11.8 Å². The van der Waals surface area contributed by atoms with Crippen LogP contribution in [0.1, 0.15) is 23.6 Å². The van der Waals surface area contributed by atoms with Crippen molar-refractivity contribution in [2.45, 2.75) is 33.2 Å². The van der Waals surface area contributed by atoms with Crippen molar-refractivity contribution in [3.05, 3.63) is 27.8 Å². The van der Waals surface area contributed by atoms with Crippen LogP contribution in [0.4, 0.5) is 0 Å². The Morgan fingerprint density at radius 2 is 2.17 bits per heavy atom. The quantitative estimate of drug-likeness (QED) is 0.823. The summed E-state index contributed by atoms with van der Waals surface area (Å²) in [6.07, 6.45) is 0.205. The summed E-state index contributed by atoms with van der Waals surface area (Å²) in [7, 11) is 0. The fourth-order valence-corrected chi connectivity index (χ4v) is 1.95. The molecular formula is C13H18ClNO3. The molecule has 0 heterocycles. The molecule has 4 nitrogen and oxygen atoms in total. The van der Waals surface area contributed by atoms with Gasteiger partial charge in [-0.05, 0) is 38.0 Å². The van der Waals surface area contributed by atoms with E-state index in [4.69, 9.17) is 22.1 Å². The fourth-order valence-electron chi connectivity index (χ4n) is 1.79. The van der Waals surface area contributed by atoms with E-state index in [-0.39, 0.29) is 18.8 Å². The minimum absolute atomic E-state index is 0.106. The van der Waals surface area contributed by atoms with E-state index in [0.717, 1.165) is 11.1 Å². The first-order valence-corrected chi connectivity index (χ1v) is 6.16. The molecule has 0 aliphatic carbocycles. The molecule has 100 valence electrons. The number of phenolic OH excluding ortho intramolecular Hbond substituents is 1. The van der Waals surface area contributed by atoms with E-state index in [0.29, 0.717) is 10.6 Å². The number of phenols is 1. The molecule has 1 rings (SSSR count). The van der Waals surface area contributed by atoms with Gasteiger partial charge in [-0.1, -0.05) is 11.6 Å². The van der Waals surface area contributed by atoms with Crippen LogP contribution in [0, 0.1) is 13.8 Å². The van der Waals surface area contributed by atoms with Crippen LogP contribution in [-0.4, -0.2) is 23.7 Å². The molecule has 0 aliphatic heterocycles. The molecule has 1 unspecified atom stereocenters. The molecule has 1 atom stereocenters. The molecule has 5 heteroatoms. The molecular weight excluding hydrogens is 254 g/mol. The number of benzene rings is 1. The number of carbonyl (C=O) groups excluding carboxylic acids is 1. The molecule has 1 aromatic rings. The molecule has 0 fully saturated rings. The normalized spacial score (nSPS) is 12.3. The van der Waals surface area contributed by atoms with E-state index in [1.54, 1.807) is 19.9 Å². The highest BCUT2D eigenvalue weighted by molar-refractivity contribution is 6.32. The van der Waals surface area contributed by atoms with Crippen LogP contribution in [0.25, 0.3) is 0 Å². The van der Waals surface area contributed by atoms with Gasteiger partial charge in [0.15, 0.2) is 0 Å². The van der Waals surface area contributed by atoms with Crippen molar-refractivity contribution in [3.8, 4) is 5.75 Å². The first-order valence-electron chi connectivity index (χ1n) is 5.78. The van der Waals surface area contributed by atoms with Crippen LogP contribution in [0.15, 0.2) is 6.07 Å². The highest BCUT2D eigenvalue weighted by Gasteiger charge is 2.20. The molecule has 18 heavy (non-hydrogen) atoms. The van der Waals surface area contributed by atoms with Gasteiger partial charge >= 0.3 is 5.97 Å². The van der Waals surface area contributed by atoms with Crippen molar-refractivity contribution in [2.24, 2.45) is 5.73 Å². The standard InChI is InChI=1S/C13H18ClNO3/c1-4-18-13(17)10(15)6-9-8(3)12(14)7(2)5-11(9)16/h5,10,16H,4,6,15H2,1-3H3. The van der Waals surface area contributed by atoms with Gasteiger partial charge < -0.3 is 15.6 Å². The molecule has 0 saturated heterocycles. The summed E-state index contributed by atoms with van der Waals surface area (Å²) in [5.74, 6) is -0.373. The monoisotopic (exact) mass is 271 g/mol. The minimum Gasteiger partial charge on any atom is -0.508 e. The predicted octanol–water partition coefficient (Wildman–Crippen LogP) is 2.10. The number of carbonyl (C=O) groups is 1. The lowest BCUT2D eigenvalue weighted by molar-refractivity contribution is -0.144. The fraction of sp³-hybridized carbons (Fsp3) is 0.462. The van der Waals surface area contributed by atoms with Gasteiger partial charge in [-0.15, -0.1) is 0 Å². The Balaban J connectivity index is 2.98. The Kier molecular flexibility index (Phi) is 4.99. The Hall–Kier alpha value is -1.26.